The van der Waals surface area contributed by atoms with Crippen molar-refractivity contribution in [3.05, 3.63) is 28.8 Å². The zero-order valence-electron chi connectivity index (χ0n) is 14.5. The molecule has 0 aliphatic carbocycles. The molecule has 2 aromatic rings. The molecule has 8 heteroatoms. The first-order chi connectivity index (χ1) is 11.5. The number of unbranched alkanes of at least 4 members (excludes halogenated alkanes) is 1. The summed E-state index contributed by atoms with van der Waals surface area (Å²) >= 11 is 0. The maximum Gasteiger partial charge on any atom is 0.266 e. The van der Waals surface area contributed by atoms with Crippen LogP contribution in [0.1, 0.15) is 60.6 Å². The van der Waals surface area contributed by atoms with Crippen LogP contribution >= 0.6 is 0 Å². The van der Waals surface area contributed by atoms with Crippen molar-refractivity contribution < 1.29 is 19.2 Å². The minimum atomic E-state index is -0.572. The number of hydrogen-bond donors (Lipinski definition) is 3. The van der Waals surface area contributed by atoms with E-state index in [4.69, 9.17) is 20.1 Å². The van der Waals surface area contributed by atoms with Gasteiger partial charge in [0.05, 0.1) is 11.3 Å². The van der Waals surface area contributed by atoms with Gasteiger partial charge in [0.25, 0.3) is 5.91 Å². The molecule has 0 atom stereocenters. The summed E-state index contributed by atoms with van der Waals surface area (Å²) in [6.45, 7) is 6.52. The van der Waals surface area contributed by atoms with Gasteiger partial charge < -0.3 is 20.1 Å². The maximum atomic E-state index is 10.9. The number of rotatable bonds is 8. The lowest BCUT2D eigenvalue weighted by Crippen LogP contribution is -2.10. The van der Waals surface area contributed by atoms with Crippen LogP contribution in [0.4, 0.5) is 0 Å². The Morgan fingerprint density at radius 2 is 2.12 bits per heavy atom. The Kier molecular flexibility index (Phi) is 8.56. The van der Waals surface area contributed by atoms with Crippen molar-refractivity contribution in [3.8, 4) is 5.88 Å². The largest absolute Gasteiger partial charge is 0.472 e. The average Bonchev–Trinajstić information content (AvgIpc) is 3.18. The second-order valence-electron chi connectivity index (χ2n) is 5.26. The highest BCUT2D eigenvalue weighted by Gasteiger charge is 2.14. The first-order valence-electron chi connectivity index (χ1n) is 8.06. The number of primary amides is 1. The SMILES string of the molecule is CCCCc1noc(C)c1COc1cc(C(N)=O)[nH]n1.CCCO. The molecule has 0 aliphatic rings. The lowest BCUT2D eigenvalue weighted by Gasteiger charge is -2.03. The third-order valence-corrected chi connectivity index (χ3v) is 3.24. The van der Waals surface area contributed by atoms with Crippen LogP contribution in [0.25, 0.3) is 0 Å². The smallest absolute Gasteiger partial charge is 0.266 e. The second kappa shape index (κ2) is 10.4. The Bertz CT molecular complexity index is 619. The van der Waals surface area contributed by atoms with Crippen molar-refractivity contribution in [1.29, 1.82) is 0 Å². The van der Waals surface area contributed by atoms with Crippen molar-refractivity contribution >= 4 is 5.91 Å². The van der Waals surface area contributed by atoms with Crippen LogP contribution in [0.5, 0.6) is 5.88 Å². The third-order valence-electron chi connectivity index (χ3n) is 3.24. The molecule has 0 saturated carbocycles. The molecule has 24 heavy (non-hydrogen) atoms. The average molecular weight is 338 g/mol. The molecule has 0 unspecified atom stereocenters. The normalized spacial score (nSPS) is 10.2. The zero-order valence-corrected chi connectivity index (χ0v) is 14.5. The van der Waals surface area contributed by atoms with Gasteiger partial charge in [-0.05, 0) is 26.2 Å². The van der Waals surface area contributed by atoms with E-state index >= 15 is 0 Å². The van der Waals surface area contributed by atoms with Gasteiger partial charge >= 0.3 is 0 Å². The molecule has 0 bridgehead atoms. The fourth-order valence-corrected chi connectivity index (χ4v) is 1.81. The number of aliphatic hydroxyl groups excluding tert-OH is 1. The quantitative estimate of drug-likeness (QED) is 0.676. The molecular weight excluding hydrogens is 312 g/mol. The van der Waals surface area contributed by atoms with E-state index in [1.165, 1.54) is 6.07 Å². The minimum Gasteiger partial charge on any atom is -0.472 e. The van der Waals surface area contributed by atoms with E-state index in [1.54, 1.807) is 0 Å². The molecule has 2 aromatic heterocycles. The molecule has 8 nitrogen and oxygen atoms in total. The number of hydrogen-bond acceptors (Lipinski definition) is 6. The molecule has 0 fully saturated rings. The summed E-state index contributed by atoms with van der Waals surface area (Å²) in [7, 11) is 0. The molecule has 0 radical (unpaired) electrons. The van der Waals surface area contributed by atoms with Gasteiger partial charge in [-0.1, -0.05) is 25.4 Å². The van der Waals surface area contributed by atoms with Crippen molar-refractivity contribution in [1.82, 2.24) is 15.4 Å². The fraction of sp³-hybridized carbons (Fsp3) is 0.562. The Morgan fingerprint density at radius 1 is 1.42 bits per heavy atom. The number of nitrogens with two attached hydrogens (primary N) is 1. The van der Waals surface area contributed by atoms with E-state index in [-0.39, 0.29) is 5.69 Å². The Hall–Kier alpha value is -2.35. The molecular formula is C16H26N4O4. The van der Waals surface area contributed by atoms with Crippen LogP contribution in [0, 0.1) is 6.92 Å². The molecule has 0 saturated heterocycles. The maximum absolute atomic E-state index is 10.9. The van der Waals surface area contributed by atoms with Crippen molar-refractivity contribution in [2.24, 2.45) is 5.73 Å². The minimum absolute atomic E-state index is 0.216. The van der Waals surface area contributed by atoms with Crippen molar-refractivity contribution in [2.75, 3.05) is 6.61 Å². The number of aromatic nitrogens is 3. The lowest BCUT2D eigenvalue weighted by molar-refractivity contribution is 0.0995. The number of carbonyl (C=O) groups excluding carboxylic acids is 1. The second-order valence-corrected chi connectivity index (χ2v) is 5.26. The number of nitrogens with zero attached hydrogens (tertiary/aromatic N) is 2. The number of aryl methyl sites for hydroxylation is 2. The van der Waals surface area contributed by atoms with E-state index in [0.717, 1.165) is 42.7 Å². The first kappa shape index (κ1) is 19.7. The van der Waals surface area contributed by atoms with Gasteiger partial charge in [0.15, 0.2) is 0 Å². The topological polar surface area (TPSA) is 127 Å². The number of ether oxygens (including phenoxy) is 1. The van der Waals surface area contributed by atoms with Gasteiger partial charge in [0.2, 0.25) is 5.88 Å². The van der Waals surface area contributed by atoms with Crippen molar-refractivity contribution in [2.45, 2.75) is 53.1 Å². The van der Waals surface area contributed by atoms with Crippen LogP contribution in [-0.4, -0.2) is 33.0 Å². The van der Waals surface area contributed by atoms with Gasteiger partial charge in [-0.15, -0.1) is 5.10 Å². The van der Waals surface area contributed by atoms with Crippen LogP contribution in [-0.2, 0) is 13.0 Å². The molecule has 4 N–H and O–H groups in total. The summed E-state index contributed by atoms with van der Waals surface area (Å²) in [6.07, 6.45) is 3.88. The molecule has 134 valence electrons. The summed E-state index contributed by atoms with van der Waals surface area (Å²) in [5.74, 6) is 0.486. The van der Waals surface area contributed by atoms with E-state index < -0.39 is 5.91 Å². The molecule has 1 amide bonds. The summed E-state index contributed by atoms with van der Waals surface area (Å²) in [5, 5.41) is 18.3. The number of aromatic amines is 1. The van der Waals surface area contributed by atoms with E-state index in [2.05, 4.69) is 22.3 Å². The molecule has 2 rings (SSSR count). The van der Waals surface area contributed by atoms with Crippen LogP contribution in [0.2, 0.25) is 0 Å². The van der Waals surface area contributed by atoms with E-state index in [0.29, 0.717) is 19.1 Å². The summed E-state index contributed by atoms with van der Waals surface area (Å²) < 4.78 is 10.7. The van der Waals surface area contributed by atoms with E-state index in [1.807, 2.05) is 13.8 Å². The van der Waals surface area contributed by atoms with Gasteiger partial charge in [0, 0.05) is 12.7 Å². The van der Waals surface area contributed by atoms with Crippen molar-refractivity contribution in [3.63, 3.8) is 0 Å². The van der Waals surface area contributed by atoms with E-state index in [9.17, 15) is 4.79 Å². The third kappa shape index (κ3) is 6.04. The number of carbonyl (C=O) groups is 1. The van der Waals surface area contributed by atoms with Gasteiger partial charge in [-0.2, -0.15) is 0 Å². The van der Waals surface area contributed by atoms with Gasteiger partial charge in [-0.3, -0.25) is 9.89 Å². The highest BCUT2D eigenvalue weighted by molar-refractivity contribution is 5.90. The summed E-state index contributed by atoms with van der Waals surface area (Å²) in [6, 6.07) is 1.47. The standard InChI is InChI=1S/C13H18N4O3.C3H8O/c1-3-4-5-10-9(8(2)20-17-10)7-19-12-6-11(13(14)18)15-16-12;1-2-3-4/h6H,3-5,7H2,1-2H3,(H2,14,18)(H,15,16);4H,2-3H2,1H3. The number of nitrogens with one attached hydrogen (secondary N) is 1. The number of amides is 1. The first-order valence-corrected chi connectivity index (χ1v) is 8.06. The monoisotopic (exact) mass is 338 g/mol. The zero-order chi connectivity index (χ0) is 17.9. The highest BCUT2D eigenvalue weighted by Crippen LogP contribution is 2.18. The van der Waals surface area contributed by atoms with Crippen LogP contribution < -0.4 is 10.5 Å². The Labute approximate surface area is 141 Å². The lowest BCUT2D eigenvalue weighted by atomic mass is 10.1. The Morgan fingerprint density at radius 3 is 2.67 bits per heavy atom. The molecule has 2 heterocycles. The van der Waals surface area contributed by atoms with Gasteiger partial charge in [0.1, 0.15) is 18.1 Å². The summed E-state index contributed by atoms with van der Waals surface area (Å²) in [4.78, 5) is 10.9. The Balaban J connectivity index is 0.000000648. The molecule has 0 aliphatic heterocycles. The van der Waals surface area contributed by atoms with Crippen LogP contribution in [0.15, 0.2) is 10.6 Å². The fourth-order valence-electron chi connectivity index (χ4n) is 1.81. The number of H-pyrrole nitrogens is 1. The summed E-state index contributed by atoms with van der Waals surface area (Å²) in [5.41, 5.74) is 7.19. The number of aliphatic hydroxyl groups is 1. The van der Waals surface area contributed by atoms with Crippen LogP contribution in [0.3, 0.4) is 0 Å². The molecule has 0 spiro atoms. The molecule has 0 aromatic carbocycles. The predicted octanol–water partition coefficient (Wildman–Crippen LogP) is 2.12. The predicted molar refractivity (Wildman–Crippen MR) is 88.7 cm³/mol. The van der Waals surface area contributed by atoms with Gasteiger partial charge in [-0.25, -0.2) is 0 Å². The highest BCUT2D eigenvalue weighted by atomic mass is 16.5.